The number of pyridine rings is 1. The van der Waals surface area contributed by atoms with Crippen LogP contribution in [0.15, 0.2) is 33.7 Å². The molecule has 0 aliphatic rings. The van der Waals surface area contributed by atoms with Crippen LogP contribution in [0.4, 0.5) is 0 Å². The molecule has 1 N–H and O–H groups in total. The number of ether oxygens (including phenoxy) is 1. The van der Waals surface area contributed by atoms with E-state index >= 15 is 0 Å². The van der Waals surface area contributed by atoms with Gasteiger partial charge in [-0.3, -0.25) is 4.98 Å². The fourth-order valence-electron chi connectivity index (χ4n) is 2.08. The van der Waals surface area contributed by atoms with Crippen molar-refractivity contribution in [1.82, 2.24) is 10.3 Å². The van der Waals surface area contributed by atoms with Crippen LogP contribution in [0.1, 0.15) is 43.9 Å². The highest BCUT2D eigenvalue weighted by atomic mass is 79.9. The second kappa shape index (κ2) is 8.51. The van der Waals surface area contributed by atoms with Gasteiger partial charge in [0.05, 0.1) is 22.6 Å². The van der Waals surface area contributed by atoms with Crippen molar-refractivity contribution < 1.29 is 4.74 Å². The molecule has 1 unspecified atom stereocenters. The van der Waals surface area contributed by atoms with Gasteiger partial charge in [-0.15, -0.1) is 11.3 Å². The monoisotopic (exact) mass is 368 g/mol. The molecule has 0 aliphatic heterocycles. The Bertz CT molecular complexity index is 559. The van der Waals surface area contributed by atoms with Gasteiger partial charge in [0.25, 0.3) is 0 Å². The van der Waals surface area contributed by atoms with Crippen molar-refractivity contribution >= 4 is 27.3 Å². The average molecular weight is 369 g/mol. The maximum atomic E-state index is 5.69. The molecule has 0 amide bonds. The van der Waals surface area contributed by atoms with Crippen molar-refractivity contribution in [3.63, 3.8) is 0 Å². The molecule has 2 aromatic heterocycles. The Balaban J connectivity index is 2.23. The molecule has 0 spiro atoms. The topological polar surface area (TPSA) is 34.2 Å². The zero-order chi connectivity index (χ0) is 15.1. The van der Waals surface area contributed by atoms with E-state index in [9.17, 15) is 0 Å². The van der Waals surface area contributed by atoms with Gasteiger partial charge < -0.3 is 10.1 Å². The number of nitrogens with zero attached hydrogens (tertiary/aromatic N) is 1. The summed E-state index contributed by atoms with van der Waals surface area (Å²) in [6.45, 7) is 5.97. The van der Waals surface area contributed by atoms with E-state index in [2.05, 4.69) is 57.6 Å². The van der Waals surface area contributed by atoms with Crippen molar-refractivity contribution in [3.8, 4) is 5.75 Å². The Morgan fingerprint density at radius 2 is 2.10 bits per heavy atom. The molecule has 2 rings (SSSR count). The van der Waals surface area contributed by atoms with Crippen molar-refractivity contribution in [2.75, 3.05) is 13.2 Å². The Morgan fingerprint density at radius 1 is 1.24 bits per heavy atom. The molecule has 0 fully saturated rings. The summed E-state index contributed by atoms with van der Waals surface area (Å²) in [4.78, 5) is 4.33. The molecule has 2 heterocycles. The zero-order valence-corrected chi connectivity index (χ0v) is 14.8. The predicted octanol–water partition coefficient (Wildman–Crippen LogP) is 4.78. The summed E-state index contributed by atoms with van der Waals surface area (Å²) in [5.74, 6) is 0.840. The first-order valence-electron chi connectivity index (χ1n) is 7.29. The molecular formula is C16H21BrN2OS. The lowest BCUT2D eigenvalue weighted by molar-refractivity contribution is 0.315. The molecule has 0 aromatic carbocycles. The summed E-state index contributed by atoms with van der Waals surface area (Å²) >= 11 is 5.24. The largest absolute Gasteiger partial charge is 0.492 e. The average Bonchev–Trinajstić information content (AvgIpc) is 2.92. The van der Waals surface area contributed by atoms with Crippen LogP contribution in [-0.2, 0) is 0 Å². The minimum atomic E-state index is 0.158. The highest BCUT2D eigenvalue weighted by Crippen LogP contribution is 2.30. The minimum absolute atomic E-state index is 0.158. The van der Waals surface area contributed by atoms with Gasteiger partial charge in [0.15, 0.2) is 0 Å². The third-order valence-corrected chi connectivity index (χ3v) is 4.58. The maximum absolute atomic E-state index is 5.69. The highest BCUT2D eigenvalue weighted by Gasteiger charge is 2.16. The molecule has 114 valence electrons. The van der Waals surface area contributed by atoms with E-state index in [1.807, 2.05) is 6.20 Å². The standard InChI is InChI=1S/C16H21BrN2OS/c1-3-5-19-16(13-8-15(17)21-11-13)12-7-14(10-18-9-12)20-6-4-2/h7-11,16,19H,3-6H2,1-2H3. The molecule has 0 saturated heterocycles. The normalized spacial score (nSPS) is 12.3. The van der Waals surface area contributed by atoms with E-state index in [4.69, 9.17) is 4.74 Å². The summed E-state index contributed by atoms with van der Waals surface area (Å²) in [7, 11) is 0. The van der Waals surface area contributed by atoms with Gasteiger partial charge in [-0.05, 0) is 64.0 Å². The van der Waals surface area contributed by atoms with E-state index in [1.165, 1.54) is 5.56 Å². The Morgan fingerprint density at radius 3 is 2.76 bits per heavy atom. The van der Waals surface area contributed by atoms with Crippen LogP contribution in [0.5, 0.6) is 5.75 Å². The number of hydrogen-bond donors (Lipinski definition) is 1. The fraction of sp³-hybridized carbons (Fsp3) is 0.438. The van der Waals surface area contributed by atoms with Crippen molar-refractivity contribution in [3.05, 3.63) is 44.8 Å². The highest BCUT2D eigenvalue weighted by molar-refractivity contribution is 9.11. The zero-order valence-electron chi connectivity index (χ0n) is 12.4. The van der Waals surface area contributed by atoms with Crippen molar-refractivity contribution in [2.45, 2.75) is 32.7 Å². The molecule has 0 radical (unpaired) electrons. The van der Waals surface area contributed by atoms with Crippen LogP contribution in [0.3, 0.4) is 0 Å². The first-order valence-corrected chi connectivity index (χ1v) is 8.97. The van der Waals surface area contributed by atoms with E-state index in [0.717, 1.165) is 41.1 Å². The molecule has 21 heavy (non-hydrogen) atoms. The molecule has 5 heteroatoms. The van der Waals surface area contributed by atoms with Gasteiger partial charge in [0.2, 0.25) is 0 Å². The Hall–Kier alpha value is -0.910. The number of hydrogen-bond acceptors (Lipinski definition) is 4. The summed E-state index contributed by atoms with van der Waals surface area (Å²) in [5, 5.41) is 5.77. The van der Waals surface area contributed by atoms with Crippen LogP contribution < -0.4 is 10.1 Å². The van der Waals surface area contributed by atoms with Crippen molar-refractivity contribution in [2.24, 2.45) is 0 Å². The first-order chi connectivity index (χ1) is 10.2. The fourth-order valence-corrected chi connectivity index (χ4v) is 3.29. The van der Waals surface area contributed by atoms with Gasteiger partial charge in [-0.2, -0.15) is 0 Å². The summed E-state index contributed by atoms with van der Waals surface area (Å²) in [6, 6.07) is 4.41. The summed E-state index contributed by atoms with van der Waals surface area (Å²) in [5.41, 5.74) is 2.40. The SMILES string of the molecule is CCCNC(c1cncc(OCCC)c1)c1csc(Br)c1. The Kier molecular flexibility index (Phi) is 6.67. The first kappa shape index (κ1) is 16.5. The summed E-state index contributed by atoms with van der Waals surface area (Å²) in [6.07, 6.45) is 5.79. The number of halogens is 1. The van der Waals surface area contributed by atoms with Crippen LogP contribution in [0.2, 0.25) is 0 Å². The maximum Gasteiger partial charge on any atom is 0.137 e. The number of aromatic nitrogens is 1. The molecule has 0 aliphatic carbocycles. The number of thiophene rings is 1. The van der Waals surface area contributed by atoms with Crippen LogP contribution >= 0.6 is 27.3 Å². The smallest absolute Gasteiger partial charge is 0.137 e. The molecule has 3 nitrogen and oxygen atoms in total. The lowest BCUT2D eigenvalue weighted by Gasteiger charge is -2.18. The summed E-state index contributed by atoms with van der Waals surface area (Å²) < 4.78 is 6.84. The third kappa shape index (κ3) is 4.80. The van der Waals surface area contributed by atoms with Gasteiger partial charge >= 0.3 is 0 Å². The van der Waals surface area contributed by atoms with E-state index in [-0.39, 0.29) is 6.04 Å². The lowest BCUT2D eigenvalue weighted by atomic mass is 10.0. The van der Waals surface area contributed by atoms with E-state index in [1.54, 1.807) is 17.5 Å². The lowest BCUT2D eigenvalue weighted by Crippen LogP contribution is -2.23. The number of nitrogens with one attached hydrogen (secondary N) is 1. The van der Waals surface area contributed by atoms with Gasteiger partial charge in [0.1, 0.15) is 5.75 Å². The molecule has 0 bridgehead atoms. The third-order valence-electron chi connectivity index (χ3n) is 3.06. The van der Waals surface area contributed by atoms with E-state index < -0.39 is 0 Å². The Labute approximate surface area is 138 Å². The van der Waals surface area contributed by atoms with E-state index in [0.29, 0.717) is 0 Å². The van der Waals surface area contributed by atoms with Crippen molar-refractivity contribution in [1.29, 1.82) is 0 Å². The van der Waals surface area contributed by atoms with Crippen LogP contribution in [0.25, 0.3) is 0 Å². The predicted molar refractivity (Wildman–Crippen MR) is 92.2 cm³/mol. The molecule has 0 saturated carbocycles. The number of rotatable bonds is 8. The second-order valence-electron chi connectivity index (χ2n) is 4.87. The molecular weight excluding hydrogens is 348 g/mol. The minimum Gasteiger partial charge on any atom is -0.492 e. The van der Waals surface area contributed by atoms with Gasteiger partial charge in [-0.1, -0.05) is 13.8 Å². The van der Waals surface area contributed by atoms with Crippen LogP contribution in [0, 0.1) is 0 Å². The quantitative estimate of drug-likeness (QED) is 0.727. The molecule has 1 atom stereocenters. The van der Waals surface area contributed by atoms with Gasteiger partial charge in [0, 0.05) is 6.20 Å². The second-order valence-corrected chi connectivity index (χ2v) is 7.16. The van der Waals surface area contributed by atoms with Gasteiger partial charge in [-0.25, -0.2) is 0 Å². The van der Waals surface area contributed by atoms with Crippen LogP contribution in [-0.4, -0.2) is 18.1 Å². The molecule has 2 aromatic rings.